The number of carbonyl (C=O) groups is 1. The van der Waals surface area contributed by atoms with Crippen LogP contribution in [0.3, 0.4) is 0 Å². The summed E-state index contributed by atoms with van der Waals surface area (Å²) in [6.45, 7) is 7.29. The van der Waals surface area contributed by atoms with Crippen molar-refractivity contribution in [3.8, 4) is 0 Å². The predicted octanol–water partition coefficient (Wildman–Crippen LogP) is 1.56. The molecule has 1 saturated heterocycles. The molecule has 1 fully saturated rings. The van der Waals surface area contributed by atoms with Crippen molar-refractivity contribution in [2.45, 2.75) is 45.6 Å². The van der Waals surface area contributed by atoms with Gasteiger partial charge in [0.15, 0.2) is 0 Å². The maximum atomic E-state index is 11.4. The van der Waals surface area contributed by atoms with E-state index in [2.05, 4.69) is 17.3 Å². The van der Waals surface area contributed by atoms with E-state index in [4.69, 9.17) is 0 Å². The van der Waals surface area contributed by atoms with E-state index >= 15 is 0 Å². The van der Waals surface area contributed by atoms with Crippen molar-refractivity contribution in [1.82, 2.24) is 15.1 Å². The molecule has 4 nitrogen and oxygen atoms in total. The molecule has 0 aromatic rings. The summed E-state index contributed by atoms with van der Waals surface area (Å²) in [5, 5.41) is 3.37. The number of rotatable bonds is 5. The second-order valence-corrected chi connectivity index (χ2v) is 4.85. The number of nitrogens with zero attached hydrogens (tertiary/aromatic N) is 2. The van der Waals surface area contributed by atoms with Crippen molar-refractivity contribution in [3.05, 3.63) is 0 Å². The van der Waals surface area contributed by atoms with Crippen LogP contribution in [0.1, 0.15) is 39.5 Å². The number of hydrogen-bond donors (Lipinski definition) is 1. The number of carbonyl (C=O) groups excluding carboxylic acids is 1. The van der Waals surface area contributed by atoms with E-state index in [1.807, 2.05) is 27.9 Å². The molecule has 0 aliphatic carbocycles. The van der Waals surface area contributed by atoms with Gasteiger partial charge < -0.3 is 15.1 Å². The van der Waals surface area contributed by atoms with Crippen LogP contribution < -0.4 is 5.32 Å². The molecule has 0 aromatic heterocycles. The van der Waals surface area contributed by atoms with Crippen LogP contribution >= 0.6 is 0 Å². The van der Waals surface area contributed by atoms with Crippen molar-refractivity contribution in [2.24, 2.45) is 0 Å². The van der Waals surface area contributed by atoms with E-state index in [-0.39, 0.29) is 5.91 Å². The molecule has 1 aliphatic heterocycles. The molecule has 0 aromatic carbocycles. The van der Waals surface area contributed by atoms with Gasteiger partial charge in [-0.15, -0.1) is 0 Å². The first-order valence-corrected chi connectivity index (χ1v) is 7.22. The van der Waals surface area contributed by atoms with E-state index < -0.39 is 0 Å². The quantitative estimate of drug-likeness (QED) is 0.812. The summed E-state index contributed by atoms with van der Waals surface area (Å²) in [6, 6.07) is 0.704. The summed E-state index contributed by atoms with van der Waals surface area (Å²) in [7, 11) is 5.81. The fourth-order valence-electron chi connectivity index (χ4n) is 2.13. The molecule has 108 valence electrons. The zero-order chi connectivity index (χ0) is 14.0. The Balaban J connectivity index is 0.00000137. The molecule has 0 saturated carbocycles. The number of piperidine rings is 1. The number of amides is 1. The van der Waals surface area contributed by atoms with Crippen molar-refractivity contribution in [1.29, 1.82) is 0 Å². The lowest BCUT2D eigenvalue weighted by Gasteiger charge is -2.31. The lowest BCUT2D eigenvalue weighted by Crippen LogP contribution is -2.41. The lowest BCUT2D eigenvalue weighted by molar-refractivity contribution is -0.128. The maximum Gasteiger partial charge on any atom is 0.222 e. The molecular formula is C14H31N3O. The zero-order valence-electron chi connectivity index (χ0n) is 12.8. The Morgan fingerprint density at radius 3 is 2.22 bits per heavy atom. The standard InChI is InChI=1S/C12H25N3O.C2H6/c1-14(2)12(16)5-4-10-15(3)11-6-8-13-9-7-11;1-2/h11,13H,4-10H2,1-3H3;1-2H3. The van der Waals surface area contributed by atoms with E-state index in [1.165, 1.54) is 12.8 Å². The second-order valence-electron chi connectivity index (χ2n) is 4.85. The smallest absolute Gasteiger partial charge is 0.222 e. The SMILES string of the molecule is CC.CN(C)C(=O)CCCN(C)C1CCNCC1. The Morgan fingerprint density at radius 1 is 1.17 bits per heavy atom. The van der Waals surface area contributed by atoms with E-state index in [1.54, 1.807) is 4.90 Å². The highest BCUT2D eigenvalue weighted by atomic mass is 16.2. The van der Waals surface area contributed by atoms with Crippen LogP contribution in [0.25, 0.3) is 0 Å². The summed E-state index contributed by atoms with van der Waals surface area (Å²) in [5.41, 5.74) is 0. The van der Waals surface area contributed by atoms with Gasteiger partial charge in [0.2, 0.25) is 5.91 Å². The molecule has 0 bridgehead atoms. The van der Waals surface area contributed by atoms with Gasteiger partial charge in [0.1, 0.15) is 0 Å². The van der Waals surface area contributed by atoms with Crippen molar-refractivity contribution in [3.63, 3.8) is 0 Å². The molecule has 0 unspecified atom stereocenters. The van der Waals surface area contributed by atoms with E-state index in [0.717, 1.165) is 26.1 Å². The summed E-state index contributed by atoms with van der Waals surface area (Å²) < 4.78 is 0. The average Bonchev–Trinajstić information content (AvgIpc) is 2.41. The highest BCUT2D eigenvalue weighted by molar-refractivity contribution is 5.75. The number of nitrogens with one attached hydrogen (secondary N) is 1. The molecule has 1 heterocycles. The molecule has 0 radical (unpaired) electrons. The van der Waals surface area contributed by atoms with Crippen LogP contribution in [0.4, 0.5) is 0 Å². The van der Waals surface area contributed by atoms with Crippen LogP contribution in [-0.2, 0) is 4.79 Å². The van der Waals surface area contributed by atoms with Crippen molar-refractivity contribution < 1.29 is 4.79 Å². The fourth-order valence-corrected chi connectivity index (χ4v) is 2.13. The number of hydrogen-bond acceptors (Lipinski definition) is 3. The first-order valence-electron chi connectivity index (χ1n) is 7.22. The summed E-state index contributed by atoms with van der Waals surface area (Å²) in [6.07, 6.45) is 4.11. The van der Waals surface area contributed by atoms with Crippen molar-refractivity contribution in [2.75, 3.05) is 40.8 Å². The molecule has 0 spiro atoms. The van der Waals surface area contributed by atoms with E-state index in [0.29, 0.717) is 12.5 Å². The van der Waals surface area contributed by atoms with Gasteiger partial charge in [-0.3, -0.25) is 4.79 Å². The van der Waals surface area contributed by atoms with Gasteiger partial charge in [0.25, 0.3) is 0 Å². The first kappa shape index (κ1) is 17.4. The summed E-state index contributed by atoms with van der Waals surface area (Å²) >= 11 is 0. The van der Waals surface area contributed by atoms with Gasteiger partial charge in [-0.05, 0) is 45.9 Å². The third-order valence-electron chi connectivity index (χ3n) is 3.33. The molecular weight excluding hydrogens is 226 g/mol. The Hall–Kier alpha value is -0.610. The predicted molar refractivity (Wildman–Crippen MR) is 77.8 cm³/mol. The van der Waals surface area contributed by atoms with Crippen LogP contribution in [-0.4, -0.2) is 62.5 Å². The van der Waals surface area contributed by atoms with Crippen LogP contribution in [0.5, 0.6) is 0 Å². The Labute approximate surface area is 113 Å². The normalized spacial score (nSPS) is 16.1. The minimum atomic E-state index is 0.235. The third-order valence-corrected chi connectivity index (χ3v) is 3.33. The molecule has 0 atom stereocenters. The summed E-state index contributed by atoms with van der Waals surface area (Å²) in [5.74, 6) is 0.235. The largest absolute Gasteiger partial charge is 0.349 e. The van der Waals surface area contributed by atoms with Gasteiger partial charge in [-0.2, -0.15) is 0 Å². The van der Waals surface area contributed by atoms with Gasteiger partial charge >= 0.3 is 0 Å². The maximum absolute atomic E-state index is 11.4. The van der Waals surface area contributed by atoms with Gasteiger partial charge in [0, 0.05) is 26.6 Å². The van der Waals surface area contributed by atoms with Gasteiger partial charge in [0.05, 0.1) is 0 Å². The molecule has 18 heavy (non-hydrogen) atoms. The monoisotopic (exact) mass is 257 g/mol. The Bertz CT molecular complexity index is 213. The molecule has 1 N–H and O–H groups in total. The van der Waals surface area contributed by atoms with Crippen molar-refractivity contribution >= 4 is 5.91 Å². The van der Waals surface area contributed by atoms with Crippen LogP contribution in [0.15, 0.2) is 0 Å². The lowest BCUT2D eigenvalue weighted by atomic mass is 10.1. The second kappa shape index (κ2) is 10.3. The van der Waals surface area contributed by atoms with Gasteiger partial charge in [-0.1, -0.05) is 13.8 Å². The van der Waals surface area contributed by atoms with Gasteiger partial charge in [-0.25, -0.2) is 0 Å². The topological polar surface area (TPSA) is 35.6 Å². The molecule has 1 aliphatic rings. The molecule has 1 rings (SSSR count). The minimum Gasteiger partial charge on any atom is -0.349 e. The summed E-state index contributed by atoms with van der Waals surface area (Å²) in [4.78, 5) is 15.5. The minimum absolute atomic E-state index is 0.235. The third kappa shape index (κ3) is 6.97. The first-order chi connectivity index (χ1) is 8.61. The molecule has 1 amide bonds. The fraction of sp³-hybridized carbons (Fsp3) is 0.929. The van der Waals surface area contributed by atoms with E-state index in [9.17, 15) is 4.79 Å². The highest BCUT2D eigenvalue weighted by Gasteiger charge is 2.17. The molecule has 4 heteroatoms. The Morgan fingerprint density at radius 2 is 1.72 bits per heavy atom. The Kier molecular flexibility index (Phi) is 9.98. The zero-order valence-corrected chi connectivity index (χ0v) is 12.8. The van der Waals surface area contributed by atoms with Crippen LogP contribution in [0.2, 0.25) is 0 Å². The highest BCUT2D eigenvalue weighted by Crippen LogP contribution is 2.10. The average molecular weight is 257 g/mol. The van der Waals surface area contributed by atoms with Crippen LogP contribution in [0, 0.1) is 0 Å².